The van der Waals surface area contributed by atoms with Gasteiger partial charge in [0.05, 0.1) is 0 Å². The van der Waals surface area contributed by atoms with Crippen molar-refractivity contribution in [1.29, 1.82) is 0 Å². The van der Waals surface area contributed by atoms with Crippen LogP contribution in [-0.2, 0) is 6.54 Å². The van der Waals surface area contributed by atoms with Gasteiger partial charge in [0, 0.05) is 13.1 Å². The van der Waals surface area contributed by atoms with E-state index in [0.717, 1.165) is 25.5 Å². The van der Waals surface area contributed by atoms with E-state index in [1.165, 1.54) is 0 Å². The van der Waals surface area contributed by atoms with Crippen LogP contribution in [0.2, 0.25) is 0 Å². The van der Waals surface area contributed by atoms with E-state index >= 15 is 0 Å². The Balaban J connectivity index is 2.59. The average Bonchev–Trinajstić information content (AvgIpc) is 2.43. The quantitative estimate of drug-likeness (QED) is 0.742. The van der Waals surface area contributed by atoms with Crippen molar-refractivity contribution in [2.24, 2.45) is 0 Å². The third-order valence-corrected chi connectivity index (χ3v) is 2.51. The van der Waals surface area contributed by atoms with Crippen molar-refractivity contribution in [2.45, 2.75) is 20.4 Å². The van der Waals surface area contributed by atoms with Gasteiger partial charge in [-0.05, 0) is 32.7 Å². The monoisotopic (exact) mass is 200 g/mol. The number of aryl methyl sites for hydroxylation is 1. The zero-order chi connectivity index (χ0) is 9.84. The molecule has 1 heterocycles. The second kappa shape index (κ2) is 4.53. The molecule has 1 aromatic rings. The largest absolute Gasteiger partial charge is 0.305 e. The topological polar surface area (TPSA) is 36.9 Å². The summed E-state index contributed by atoms with van der Waals surface area (Å²) in [6.07, 6.45) is 0. The predicted octanol–water partition coefficient (Wildman–Crippen LogP) is 1.20. The number of aromatic amines is 1. The fourth-order valence-corrected chi connectivity index (χ4v) is 1.36. The van der Waals surface area contributed by atoms with Gasteiger partial charge in [-0.1, -0.05) is 6.92 Å². The second-order valence-corrected chi connectivity index (χ2v) is 3.51. The molecule has 74 valence electrons. The first kappa shape index (κ1) is 10.4. The molecule has 1 N–H and O–H groups in total. The van der Waals surface area contributed by atoms with E-state index in [1.807, 2.05) is 11.5 Å². The van der Waals surface area contributed by atoms with E-state index < -0.39 is 0 Å². The zero-order valence-corrected chi connectivity index (χ0v) is 9.19. The van der Waals surface area contributed by atoms with Gasteiger partial charge in [-0.2, -0.15) is 5.10 Å². The molecule has 0 spiro atoms. The fraction of sp³-hybridized carbons (Fsp3) is 0.750. The van der Waals surface area contributed by atoms with Crippen molar-refractivity contribution in [3.63, 3.8) is 0 Å². The van der Waals surface area contributed by atoms with Crippen LogP contribution in [0.4, 0.5) is 0 Å². The Hall–Kier alpha value is -0.680. The van der Waals surface area contributed by atoms with Gasteiger partial charge in [-0.15, -0.1) is 0 Å². The minimum absolute atomic E-state index is 0.710. The van der Waals surface area contributed by atoms with Crippen molar-refractivity contribution >= 4 is 12.2 Å². The second-order valence-electron chi connectivity index (χ2n) is 3.12. The van der Waals surface area contributed by atoms with Gasteiger partial charge in [-0.25, -0.2) is 0 Å². The summed E-state index contributed by atoms with van der Waals surface area (Å²) in [7, 11) is 2.10. The van der Waals surface area contributed by atoms with Gasteiger partial charge in [0.25, 0.3) is 0 Å². The highest BCUT2D eigenvalue weighted by Crippen LogP contribution is 1.96. The van der Waals surface area contributed by atoms with Crippen molar-refractivity contribution in [3.05, 3.63) is 10.6 Å². The molecule has 4 nitrogen and oxygen atoms in total. The number of rotatable bonds is 4. The summed E-state index contributed by atoms with van der Waals surface area (Å²) in [6, 6.07) is 0. The van der Waals surface area contributed by atoms with Gasteiger partial charge in [-0.3, -0.25) is 5.10 Å². The lowest BCUT2D eigenvalue weighted by atomic mass is 10.5. The molecule has 0 aliphatic heterocycles. The maximum Gasteiger partial charge on any atom is 0.195 e. The molecule has 13 heavy (non-hydrogen) atoms. The Bertz CT molecular complexity index is 314. The van der Waals surface area contributed by atoms with Gasteiger partial charge < -0.3 is 9.47 Å². The third kappa shape index (κ3) is 2.63. The average molecular weight is 200 g/mol. The summed E-state index contributed by atoms with van der Waals surface area (Å²) in [5.74, 6) is 0.953. The molecule has 1 aromatic heterocycles. The van der Waals surface area contributed by atoms with Crippen LogP contribution in [0.5, 0.6) is 0 Å². The minimum atomic E-state index is 0.710. The Morgan fingerprint density at radius 1 is 1.62 bits per heavy atom. The van der Waals surface area contributed by atoms with Crippen LogP contribution in [0.25, 0.3) is 0 Å². The minimum Gasteiger partial charge on any atom is -0.305 e. The molecule has 0 unspecified atom stereocenters. The van der Waals surface area contributed by atoms with Crippen LogP contribution in [0.1, 0.15) is 12.7 Å². The molecule has 0 aromatic carbocycles. The first-order valence-electron chi connectivity index (χ1n) is 4.45. The van der Waals surface area contributed by atoms with Crippen molar-refractivity contribution in [3.8, 4) is 0 Å². The molecule has 0 saturated carbocycles. The first-order valence-corrected chi connectivity index (χ1v) is 4.86. The molecule has 0 aliphatic carbocycles. The molecule has 0 atom stereocenters. The molecule has 1 rings (SSSR count). The number of likely N-dealkylation sites (N-methyl/N-ethyl adjacent to an activating group) is 1. The third-order valence-electron chi connectivity index (χ3n) is 2.19. The Kier molecular flexibility index (Phi) is 3.62. The van der Waals surface area contributed by atoms with Crippen LogP contribution < -0.4 is 0 Å². The molecule has 0 bridgehead atoms. The number of aromatic nitrogens is 3. The normalized spacial score (nSPS) is 11.1. The van der Waals surface area contributed by atoms with Crippen molar-refractivity contribution in [2.75, 3.05) is 20.1 Å². The van der Waals surface area contributed by atoms with E-state index in [9.17, 15) is 0 Å². The lowest BCUT2D eigenvalue weighted by molar-refractivity contribution is 0.333. The molecule has 0 amide bonds. The van der Waals surface area contributed by atoms with Crippen LogP contribution in [0.15, 0.2) is 0 Å². The summed E-state index contributed by atoms with van der Waals surface area (Å²) in [6.45, 7) is 7.07. The van der Waals surface area contributed by atoms with E-state index in [-0.39, 0.29) is 0 Å². The number of H-pyrrole nitrogens is 1. The van der Waals surface area contributed by atoms with Crippen molar-refractivity contribution in [1.82, 2.24) is 19.7 Å². The molecule has 0 fully saturated rings. The molecule has 5 heteroatoms. The lowest BCUT2D eigenvalue weighted by Crippen LogP contribution is -2.23. The summed E-state index contributed by atoms with van der Waals surface area (Å²) in [5, 5.41) is 6.82. The first-order chi connectivity index (χ1) is 6.15. The smallest absolute Gasteiger partial charge is 0.195 e. The molecular formula is C8H16N4S. The number of hydrogen-bond donors (Lipinski definition) is 1. The SMILES string of the molecule is CCN(C)CCn1c(C)n[nH]c1=S. The van der Waals surface area contributed by atoms with E-state index in [0.29, 0.717) is 4.77 Å². The number of nitrogens with one attached hydrogen (secondary N) is 1. The Morgan fingerprint density at radius 2 is 2.31 bits per heavy atom. The molecule has 0 radical (unpaired) electrons. The van der Waals surface area contributed by atoms with Crippen LogP contribution in [0.3, 0.4) is 0 Å². The van der Waals surface area contributed by atoms with E-state index in [2.05, 4.69) is 29.1 Å². The Labute approximate surface area is 83.6 Å². The van der Waals surface area contributed by atoms with Gasteiger partial charge in [0.2, 0.25) is 0 Å². The summed E-state index contributed by atoms with van der Waals surface area (Å²) in [4.78, 5) is 2.24. The number of hydrogen-bond acceptors (Lipinski definition) is 3. The highest BCUT2D eigenvalue weighted by molar-refractivity contribution is 7.71. The van der Waals surface area contributed by atoms with E-state index in [4.69, 9.17) is 12.2 Å². The van der Waals surface area contributed by atoms with Gasteiger partial charge >= 0.3 is 0 Å². The lowest BCUT2D eigenvalue weighted by Gasteiger charge is -2.13. The molecule has 0 saturated heterocycles. The van der Waals surface area contributed by atoms with Gasteiger partial charge in [0.15, 0.2) is 4.77 Å². The van der Waals surface area contributed by atoms with Crippen LogP contribution >= 0.6 is 12.2 Å². The summed E-state index contributed by atoms with van der Waals surface area (Å²) < 4.78 is 2.73. The summed E-state index contributed by atoms with van der Waals surface area (Å²) >= 11 is 5.09. The summed E-state index contributed by atoms with van der Waals surface area (Å²) in [5.41, 5.74) is 0. The van der Waals surface area contributed by atoms with E-state index in [1.54, 1.807) is 0 Å². The van der Waals surface area contributed by atoms with Crippen molar-refractivity contribution < 1.29 is 0 Å². The number of nitrogens with zero attached hydrogens (tertiary/aromatic N) is 3. The predicted molar refractivity (Wildman–Crippen MR) is 55.3 cm³/mol. The zero-order valence-electron chi connectivity index (χ0n) is 8.37. The highest BCUT2D eigenvalue weighted by Gasteiger charge is 2.01. The van der Waals surface area contributed by atoms with Crippen LogP contribution in [-0.4, -0.2) is 39.8 Å². The fourth-order valence-electron chi connectivity index (χ4n) is 1.09. The maximum atomic E-state index is 5.09. The Morgan fingerprint density at radius 3 is 2.77 bits per heavy atom. The standard InChI is InChI=1S/C8H16N4S/c1-4-11(3)5-6-12-7(2)9-10-8(12)13/h4-6H2,1-3H3,(H,10,13). The molecular weight excluding hydrogens is 184 g/mol. The van der Waals surface area contributed by atoms with Gasteiger partial charge in [0.1, 0.15) is 5.82 Å². The highest BCUT2D eigenvalue weighted by atomic mass is 32.1. The van der Waals surface area contributed by atoms with Crippen LogP contribution in [0, 0.1) is 11.7 Å². The maximum absolute atomic E-state index is 5.09. The molecule has 0 aliphatic rings.